The largest absolute Gasteiger partial charge is 0.486 e. The van der Waals surface area contributed by atoms with Crippen LogP contribution in [0.15, 0.2) is 48.7 Å². The molecule has 1 aliphatic heterocycles. The number of carbonyl (C=O) groups is 1. The van der Waals surface area contributed by atoms with Crippen molar-refractivity contribution in [2.24, 2.45) is 0 Å². The smallest absolute Gasteiger partial charge is 0.255 e. The first kappa shape index (κ1) is 17.4. The predicted octanol–water partition coefficient (Wildman–Crippen LogP) is 3.99. The van der Waals surface area contributed by atoms with E-state index in [-0.39, 0.29) is 11.9 Å². The lowest BCUT2D eigenvalue weighted by Gasteiger charge is -2.21. The summed E-state index contributed by atoms with van der Waals surface area (Å²) in [6.07, 6.45) is 1.52. The number of aromatic nitrogens is 2. The number of fused-ring (bicyclic) bond motifs is 1. The molecule has 2 aromatic carbocycles. The van der Waals surface area contributed by atoms with Gasteiger partial charge in [0.2, 0.25) is 0 Å². The Morgan fingerprint density at radius 1 is 1.15 bits per heavy atom. The fraction of sp³-hybridized carbons (Fsp3) is 0.200. The molecule has 0 spiro atoms. The molecule has 0 saturated carbocycles. The van der Waals surface area contributed by atoms with E-state index in [9.17, 15) is 4.79 Å². The van der Waals surface area contributed by atoms with E-state index in [1.165, 1.54) is 6.20 Å². The van der Waals surface area contributed by atoms with Gasteiger partial charge in [0.1, 0.15) is 13.2 Å². The monoisotopic (exact) mass is 383 g/mol. The molecule has 1 aromatic heterocycles. The van der Waals surface area contributed by atoms with Gasteiger partial charge in [-0.05, 0) is 36.8 Å². The number of rotatable bonds is 4. The number of hydrogen-bond acceptors (Lipinski definition) is 4. The molecule has 2 heterocycles. The second kappa shape index (κ2) is 7.32. The number of amides is 1. The van der Waals surface area contributed by atoms with Crippen LogP contribution >= 0.6 is 11.6 Å². The van der Waals surface area contributed by atoms with Crippen molar-refractivity contribution in [3.8, 4) is 22.8 Å². The van der Waals surface area contributed by atoms with Crippen molar-refractivity contribution in [1.29, 1.82) is 0 Å². The Morgan fingerprint density at radius 2 is 1.89 bits per heavy atom. The molecule has 0 saturated heterocycles. The fourth-order valence-corrected chi connectivity index (χ4v) is 3.11. The van der Waals surface area contributed by atoms with Crippen LogP contribution in [0, 0.1) is 0 Å². The standard InChI is InChI=1S/C20H18ClN3O3/c1-12(14-4-7-17-18(10-14)27-9-8-26-17)23-20(25)16-11-22-24-19(16)13-2-5-15(21)6-3-13/h2-7,10-12H,8-9H2,1H3,(H,22,24)(H,23,25). The average molecular weight is 384 g/mol. The number of nitrogens with zero attached hydrogens (tertiary/aromatic N) is 1. The molecule has 2 N–H and O–H groups in total. The molecule has 0 aliphatic carbocycles. The van der Waals surface area contributed by atoms with Crippen LogP contribution in [0.1, 0.15) is 28.9 Å². The zero-order valence-corrected chi connectivity index (χ0v) is 15.4. The quantitative estimate of drug-likeness (QED) is 0.714. The summed E-state index contributed by atoms with van der Waals surface area (Å²) in [6, 6.07) is 12.7. The van der Waals surface area contributed by atoms with Crippen LogP contribution in [0.25, 0.3) is 11.3 Å². The van der Waals surface area contributed by atoms with Gasteiger partial charge in [-0.25, -0.2) is 0 Å². The molecular weight excluding hydrogens is 366 g/mol. The molecule has 3 aromatic rings. The van der Waals surface area contributed by atoms with E-state index in [0.29, 0.717) is 35.2 Å². The van der Waals surface area contributed by atoms with Crippen LogP contribution in [0.3, 0.4) is 0 Å². The van der Waals surface area contributed by atoms with E-state index in [0.717, 1.165) is 16.9 Å². The van der Waals surface area contributed by atoms with E-state index < -0.39 is 0 Å². The van der Waals surface area contributed by atoms with Crippen molar-refractivity contribution in [2.75, 3.05) is 13.2 Å². The van der Waals surface area contributed by atoms with Gasteiger partial charge < -0.3 is 14.8 Å². The molecule has 7 heteroatoms. The topological polar surface area (TPSA) is 76.2 Å². The molecule has 1 aliphatic rings. The van der Waals surface area contributed by atoms with Crippen LogP contribution in [0.5, 0.6) is 11.5 Å². The fourth-order valence-electron chi connectivity index (χ4n) is 2.98. The zero-order chi connectivity index (χ0) is 18.8. The van der Waals surface area contributed by atoms with Gasteiger partial charge >= 0.3 is 0 Å². The van der Waals surface area contributed by atoms with Crippen LogP contribution in [-0.4, -0.2) is 29.3 Å². The first-order chi connectivity index (χ1) is 13.1. The molecular formula is C20H18ClN3O3. The lowest BCUT2D eigenvalue weighted by molar-refractivity contribution is 0.0940. The number of carbonyl (C=O) groups excluding carboxylic acids is 1. The summed E-state index contributed by atoms with van der Waals surface area (Å²) in [5, 5.41) is 10.6. The van der Waals surface area contributed by atoms with Gasteiger partial charge in [-0.2, -0.15) is 5.10 Å². The van der Waals surface area contributed by atoms with Crippen molar-refractivity contribution in [3.05, 3.63) is 64.8 Å². The minimum Gasteiger partial charge on any atom is -0.486 e. The summed E-state index contributed by atoms with van der Waals surface area (Å²) in [5.41, 5.74) is 2.90. The Morgan fingerprint density at radius 3 is 2.67 bits per heavy atom. The second-order valence-electron chi connectivity index (χ2n) is 6.26. The molecule has 4 rings (SSSR count). The third kappa shape index (κ3) is 3.61. The maximum absolute atomic E-state index is 12.8. The first-order valence-electron chi connectivity index (χ1n) is 8.61. The molecule has 0 radical (unpaired) electrons. The van der Waals surface area contributed by atoms with Gasteiger partial charge in [0, 0.05) is 10.6 Å². The SMILES string of the molecule is CC(NC(=O)c1cn[nH]c1-c1ccc(Cl)cc1)c1ccc2c(c1)OCCO2. The summed E-state index contributed by atoms with van der Waals surface area (Å²) in [6.45, 7) is 2.99. The van der Waals surface area contributed by atoms with Crippen molar-refractivity contribution in [1.82, 2.24) is 15.5 Å². The Labute approximate surface area is 161 Å². The van der Waals surface area contributed by atoms with Gasteiger partial charge in [0.05, 0.1) is 23.5 Å². The number of ether oxygens (including phenoxy) is 2. The summed E-state index contributed by atoms with van der Waals surface area (Å²) >= 11 is 5.94. The Bertz CT molecular complexity index is 969. The number of halogens is 1. The highest BCUT2D eigenvalue weighted by Gasteiger charge is 2.19. The highest BCUT2D eigenvalue weighted by Crippen LogP contribution is 2.32. The van der Waals surface area contributed by atoms with E-state index in [2.05, 4.69) is 15.5 Å². The van der Waals surface area contributed by atoms with E-state index in [1.54, 1.807) is 12.1 Å². The van der Waals surface area contributed by atoms with E-state index in [1.807, 2.05) is 37.3 Å². The average Bonchev–Trinajstić information content (AvgIpc) is 3.18. The second-order valence-corrected chi connectivity index (χ2v) is 6.70. The predicted molar refractivity (Wildman–Crippen MR) is 102 cm³/mol. The van der Waals surface area contributed by atoms with Crippen molar-refractivity contribution in [2.45, 2.75) is 13.0 Å². The lowest BCUT2D eigenvalue weighted by atomic mass is 10.1. The number of nitrogens with one attached hydrogen (secondary N) is 2. The Kier molecular flexibility index (Phi) is 4.73. The number of hydrogen-bond donors (Lipinski definition) is 2. The van der Waals surface area contributed by atoms with Gasteiger partial charge in [0.15, 0.2) is 11.5 Å². The van der Waals surface area contributed by atoms with Gasteiger partial charge in [-0.3, -0.25) is 9.89 Å². The van der Waals surface area contributed by atoms with E-state index in [4.69, 9.17) is 21.1 Å². The lowest BCUT2D eigenvalue weighted by Crippen LogP contribution is -2.27. The molecule has 1 amide bonds. The van der Waals surface area contributed by atoms with Gasteiger partial charge in [0.25, 0.3) is 5.91 Å². The Hall–Kier alpha value is -2.99. The first-order valence-corrected chi connectivity index (χ1v) is 8.99. The number of benzene rings is 2. The maximum Gasteiger partial charge on any atom is 0.255 e. The third-order valence-electron chi connectivity index (χ3n) is 4.43. The van der Waals surface area contributed by atoms with Crippen LogP contribution in [0.2, 0.25) is 5.02 Å². The van der Waals surface area contributed by atoms with Crippen molar-refractivity contribution < 1.29 is 14.3 Å². The van der Waals surface area contributed by atoms with E-state index >= 15 is 0 Å². The molecule has 6 nitrogen and oxygen atoms in total. The minimum absolute atomic E-state index is 0.207. The number of H-pyrrole nitrogens is 1. The maximum atomic E-state index is 12.8. The molecule has 1 unspecified atom stereocenters. The number of aromatic amines is 1. The summed E-state index contributed by atoms with van der Waals surface area (Å²) < 4.78 is 11.2. The normalized spacial score (nSPS) is 13.9. The summed E-state index contributed by atoms with van der Waals surface area (Å²) in [4.78, 5) is 12.8. The molecule has 138 valence electrons. The molecule has 0 fully saturated rings. The summed E-state index contributed by atoms with van der Waals surface area (Å²) in [7, 11) is 0. The summed E-state index contributed by atoms with van der Waals surface area (Å²) in [5.74, 6) is 1.21. The van der Waals surface area contributed by atoms with Gasteiger partial charge in [-0.1, -0.05) is 29.8 Å². The van der Waals surface area contributed by atoms with Crippen molar-refractivity contribution >= 4 is 17.5 Å². The van der Waals surface area contributed by atoms with Crippen molar-refractivity contribution in [3.63, 3.8) is 0 Å². The highest BCUT2D eigenvalue weighted by molar-refractivity contribution is 6.30. The Balaban J connectivity index is 1.53. The molecule has 0 bridgehead atoms. The molecule has 27 heavy (non-hydrogen) atoms. The molecule has 1 atom stereocenters. The highest BCUT2D eigenvalue weighted by atomic mass is 35.5. The zero-order valence-electron chi connectivity index (χ0n) is 14.7. The third-order valence-corrected chi connectivity index (χ3v) is 4.68. The minimum atomic E-state index is -0.212. The van der Waals surface area contributed by atoms with Crippen LogP contribution < -0.4 is 14.8 Å². The van der Waals surface area contributed by atoms with Crippen LogP contribution in [0.4, 0.5) is 0 Å². The van der Waals surface area contributed by atoms with Crippen LogP contribution in [-0.2, 0) is 0 Å². The van der Waals surface area contributed by atoms with Gasteiger partial charge in [-0.15, -0.1) is 0 Å².